The summed E-state index contributed by atoms with van der Waals surface area (Å²) in [5.74, 6) is -2.63. The molecule has 84 valence electrons. The maximum atomic E-state index is 11.8. The van der Waals surface area contributed by atoms with Gasteiger partial charge in [-0.2, -0.15) is 8.78 Å². The molecular formula is C8H9F2NO3S. The van der Waals surface area contributed by atoms with Gasteiger partial charge in [-0.15, -0.1) is 0 Å². The van der Waals surface area contributed by atoms with Crippen molar-refractivity contribution in [1.29, 1.82) is 0 Å². The minimum Gasteiger partial charge on any atom is -0.455 e. The Morgan fingerprint density at radius 3 is 3.00 bits per heavy atom. The molecule has 0 bridgehead atoms. The molecule has 1 aromatic heterocycles. The van der Waals surface area contributed by atoms with Crippen LogP contribution in [0.1, 0.15) is 16.3 Å². The molecule has 1 aromatic rings. The Balaban J connectivity index is 2.52. The molecule has 4 nitrogen and oxygen atoms in total. The third-order valence-corrected chi connectivity index (χ3v) is 2.13. The first-order valence-corrected chi connectivity index (χ1v) is 5.00. The highest BCUT2D eigenvalue weighted by atomic mass is 32.2. The predicted molar refractivity (Wildman–Crippen MR) is 50.5 cm³/mol. The second-order valence-corrected chi connectivity index (χ2v) is 3.45. The van der Waals surface area contributed by atoms with Gasteiger partial charge in [-0.25, -0.2) is 5.48 Å². The second-order valence-electron chi connectivity index (χ2n) is 2.47. The third-order valence-electron chi connectivity index (χ3n) is 1.43. The van der Waals surface area contributed by atoms with Crippen LogP contribution in [-0.4, -0.2) is 18.8 Å². The molecular weight excluding hydrogens is 228 g/mol. The molecule has 0 atom stereocenters. The van der Waals surface area contributed by atoms with Gasteiger partial charge in [0.25, 0.3) is 5.76 Å². The molecule has 1 heterocycles. The number of halogens is 2. The van der Waals surface area contributed by atoms with Gasteiger partial charge in [0.1, 0.15) is 5.76 Å². The van der Waals surface area contributed by atoms with Crippen molar-refractivity contribution in [3.05, 3.63) is 23.7 Å². The van der Waals surface area contributed by atoms with Gasteiger partial charge in [-0.1, -0.05) is 11.8 Å². The smallest absolute Gasteiger partial charge is 0.310 e. The van der Waals surface area contributed by atoms with Gasteiger partial charge in [0.15, 0.2) is 5.76 Å². The van der Waals surface area contributed by atoms with Crippen LogP contribution in [0.15, 0.2) is 16.5 Å². The molecule has 1 N–H and O–H groups in total. The number of hydrogen-bond acceptors (Lipinski definition) is 4. The zero-order valence-electron chi connectivity index (χ0n) is 7.83. The SMILES string of the molecule is CONC(=O)c1ccc(CSC(F)F)o1. The summed E-state index contributed by atoms with van der Waals surface area (Å²) in [5.41, 5.74) is 2.05. The number of hydroxylamine groups is 1. The van der Waals surface area contributed by atoms with E-state index < -0.39 is 11.7 Å². The van der Waals surface area contributed by atoms with Crippen molar-refractivity contribution in [3.8, 4) is 0 Å². The normalized spacial score (nSPS) is 10.7. The highest BCUT2D eigenvalue weighted by Crippen LogP contribution is 2.21. The molecule has 1 amide bonds. The second kappa shape index (κ2) is 5.72. The van der Waals surface area contributed by atoms with Gasteiger partial charge in [-0.3, -0.25) is 9.63 Å². The molecule has 0 aliphatic carbocycles. The molecule has 0 spiro atoms. The molecule has 7 heteroatoms. The Hall–Kier alpha value is -1.08. The van der Waals surface area contributed by atoms with Crippen LogP contribution in [0.4, 0.5) is 8.78 Å². The summed E-state index contributed by atoms with van der Waals surface area (Å²) in [7, 11) is 1.29. The van der Waals surface area contributed by atoms with E-state index in [-0.39, 0.29) is 11.5 Å². The number of nitrogens with one attached hydrogen (secondary N) is 1. The fourth-order valence-electron chi connectivity index (χ4n) is 0.866. The summed E-state index contributed by atoms with van der Waals surface area (Å²) in [6.45, 7) is 0. The van der Waals surface area contributed by atoms with Crippen LogP contribution in [0.25, 0.3) is 0 Å². The molecule has 0 fully saturated rings. The monoisotopic (exact) mass is 237 g/mol. The average molecular weight is 237 g/mol. The van der Waals surface area contributed by atoms with E-state index >= 15 is 0 Å². The molecule has 0 aliphatic heterocycles. The first-order valence-electron chi connectivity index (χ1n) is 3.95. The average Bonchev–Trinajstić information content (AvgIpc) is 2.63. The van der Waals surface area contributed by atoms with Crippen LogP contribution in [0.3, 0.4) is 0 Å². The van der Waals surface area contributed by atoms with Crippen molar-refractivity contribution >= 4 is 17.7 Å². The molecule has 0 saturated carbocycles. The van der Waals surface area contributed by atoms with Crippen molar-refractivity contribution in [2.75, 3.05) is 7.11 Å². The Labute approximate surface area is 88.9 Å². The fraction of sp³-hybridized carbons (Fsp3) is 0.375. The summed E-state index contributed by atoms with van der Waals surface area (Å²) < 4.78 is 28.7. The quantitative estimate of drug-likeness (QED) is 0.796. The summed E-state index contributed by atoms with van der Waals surface area (Å²) in [5, 5.41) is 0. The number of carbonyl (C=O) groups is 1. The summed E-state index contributed by atoms with van der Waals surface area (Å²) in [6.07, 6.45) is 0. The number of alkyl halides is 2. The molecule has 1 rings (SSSR count). The van der Waals surface area contributed by atoms with E-state index in [1.807, 2.05) is 0 Å². The van der Waals surface area contributed by atoms with Crippen molar-refractivity contribution in [3.63, 3.8) is 0 Å². The zero-order chi connectivity index (χ0) is 11.3. The van der Waals surface area contributed by atoms with Gasteiger partial charge in [0, 0.05) is 0 Å². The standard InChI is InChI=1S/C8H9F2NO3S/c1-13-11-7(12)6-3-2-5(14-6)4-15-8(9)10/h2-3,8H,4H2,1H3,(H,11,12). The van der Waals surface area contributed by atoms with E-state index in [2.05, 4.69) is 10.3 Å². The summed E-state index contributed by atoms with van der Waals surface area (Å²) >= 11 is 0.433. The van der Waals surface area contributed by atoms with Crippen LogP contribution < -0.4 is 5.48 Å². The van der Waals surface area contributed by atoms with Crippen molar-refractivity contribution in [1.82, 2.24) is 5.48 Å². The number of rotatable bonds is 5. The summed E-state index contributed by atoms with van der Waals surface area (Å²) in [6, 6.07) is 2.87. The Kier molecular flexibility index (Phi) is 4.57. The first kappa shape index (κ1) is 12.0. The van der Waals surface area contributed by atoms with E-state index in [1.54, 1.807) is 0 Å². The Morgan fingerprint density at radius 2 is 2.40 bits per heavy atom. The van der Waals surface area contributed by atoms with E-state index in [1.165, 1.54) is 19.2 Å². The van der Waals surface area contributed by atoms with Crippen LogP contribution in [-0.2, 0) is 10.6 Å². The predicted octanol–water partition coefficient (Wildman–Crippen LogP) is 2.03. The Bertz CT molecular complexity index is 329. The van der Waals surface area contributed by atoms with Gasteiger partial charge < -0.3 is 4.42 Å². The van der Waals surface area contributed by atoms with E-state index in [4.69, 9.17) is 4.42 Å². The topological polar surface area (TPSA) is 51.5 Å². The lowest BCUT2D eigenvalue weighted by molar-refractivity contribution is 0.0508. The highest BCUT2D eigenvalue weighted by molar-refractivity contribution is 7.98. The van der Waals surface area contributed by atoms with Crippen LogP contribution in [0.5, 0.6) is 0 Å². The van der Waals surface area contributed by atoms with Crippen molar-refractivity contribution < 1.29 is 22.8 Å². The number of carbonyl (C=O) groups excluding carboxylic acids is 1. The fourth-order valence-corrected chi connectivity index (χ4v) is 1.31. The van der Waals surface area contributed by atoms with Gasteiger partial charge in [-0.05, 0) is 12.1 Å². The van der Waals surface area contributed by atoms with Gasteiger partial charge in [0.2, 0.25) is 0 Å². The molecule has 0 aliphatic rings. The number of furan rings is 1. The largest absolute Gasteiger partial charge is 0.455 e. The number of amides is 1. The summed E-state index contributed by atoms with van der Waals surface area (Å²) in [4.78, 5) is 15.5. The van der Waals surface area contributed by atoms with E-state index in [9.17, 15) is 13.6 Å². The molecule has 0 radical (unpaired) electrons. The van der Waals surface area contributed by atoms with E-state index in [0.29, 0.717) is 17.5 Å². The lowest BCUT2D eigenvalue weighted by atomic mass is 10.4. The van der Waals surface area contributed by atoms with Crippen molar-refractivity contribution in [2.45, 2.75) is 11.5 Å². The van der Waals surface area contributed by atoms with Crippen LogP contribution in [0, 0.1) is 0 Å². The molecule has 0 saturated heterocycles. The van der Waals surface area contributed by atoms with Gasteiger partial charge >= 0.3 is 5.91 Å². The van der Waals surface area contributed by atoms with Gasteiger partial charge in [0.05, 0.1) is 12.9 Å². The third kappa shape index (κ3) is 3.88. The maximum absolute atomic E-state index is 11.8. The van der Waals surface area contributed by atoms with E-state index in [0.717, 1.165) is 0 Å². The van der Waals surface area contributed by atoms with Crippen LogP contribution >= 0.6 is 11.8 Å². The number of hydrogen-bond donors (Lipinski definition) is 1. The molecule has 15 heavy (non-hydrogen) atoms. The lowest BCUT2D eigenvalue weighted by Gasteiger charge is -1.98. The minimum atomic E-state index is -2.45. The Morgan fingerprint density at radius 1 is 1.67 bits per heavy atom. The number of thioether (sulfide) groups is 1. The molecule has 0 unspecified atom stereocenters. The maximum Gasteiger partial charge on any atom is 0.310 e. The van der Waals surface area contributed by atoms with Crippen molar-refractivity contribution in [2.24, 2.45) is 0 Å². The highest BCUT2D eigenvalue weighted by Gasteiger charge is 2.12. The first-order chi connectivity index (χ1) is 7.13. The zero-order valence-corrected chi connectivity index (χ0v) is 8.64. The van der Waals surface area contributed by atoms with Crippen LogP contribution in [0.2, 0.25) is 0 Å². The lowest BCUT2D eigenvalue weighted by Crippen LogP contribution is -2.21. The molecule has 0 aromatic carbocycles. The minimum absolute atomic E-state index is 0.0257.